The second-order valence-corrected chi connectivity index (χ2v) is 35.1. The number of nitrogens with two attached hydrogens (primary N) is 1. The van der Waals surface area contributed by atoms with Gasteiger partial charge in [0.05, 0.1) is 0 Å². The molecule has 8 amide bonds. The first-order valence-corrected chi connectivity index (χ1v) is 43.6. The van der Waals surface area contributed by atoms with Crippen molar-refractivity contribution in [3.05, 3.63) is 167 Å². The van der Waals surface area contributed by atoms with Crippen LogP contribution in [0.15, 0.2) is 123 Å². The second kappa shape index (κ2) is 42.3. The number of carbonyl (C=O) groups excluding carboxylic acids is 7. The second-order valence-electron chi connectivity index (χ2n) is 35.1. The van der Waals surface area contributed by atoms with Crippen LogP contribution >= 0.6 is 0 Å². The monoisotopic (exact) mass is 1690 g/mol. The van der Waals surface area contributed by atoms with Crippen LogP contribution in [0.1, 0.15) is 163 Å². The molecule has 4 fully saturated rings. The molecule has 30 heteroatoms. The predicted molar refractivity (Wildman–Crippen MR) is 471 cm³/mol. The van der Waals surface area contributed by atoms with E-state index in [-0.39, 0.29) is 59.5 Å². The van der Waals surface area contributed by atoms with Crippen molar-refractivity contribution in [3.63, 3.8) is 0 Å². The topological polar surface area (TPSA) is 348 Å². The number of ether oxygens (including phenoxy) is 6. The average Bonchev–Trinajstić information content (AvgIpc) is 0.851. The molecule has 0 saturated carbocycles. The molecule has 0 aliphatic carbocycles. The van der Waals surface area contributed by atoms with E-state index in [1.54, 1.807) is 69.2 Å². The minimum atomic E-state index is -0.556. The van der Waals surface area contributed by atoms with Gasteiger partial charge in [0.15, 0.2) is 0 Å². The van der Waals surface area contributed by atoms with Crippen molar-refractivity contribution in [2.45, 2.75) is 182 Å². The molecule has 8 aliphatic rings. The summed E-state index contributed by atoms with van der Waals surface area (Å²) in [4.78, 5) is 133. The van der Waals surface area contributed by atoms with Crippen LogP contribution in [0.4, 0.5) is 37.7 Å². The van der Waals surface area contributed by atoms with Crippen molar-refractivity contribution in [2.75, 3.05) is 120 Å². The molecule has 124 heavy (non-hydrogen) atoms. The van der Waals surface area contributed by atoms with Crippen LogP contribution in [0.2, 0.25) is 0 Å². The molecule has 8 aliphatic heterocycles. The number of aryl methyl sites for hydroxylation is 4. The predicted octanol–water partition coefficient (Wildman–Crippen LogP) is 13.3. The molecule has 0 spiro atoms. The highest BCUT2D eigenvalue weighted by molar-refractivity contribution is 5.92. The number of rotatable bonds is 16. The van der Waals surface area contributed by atoms with E-state index in [9.17, 15) is 33.6 Å². The van der Waals surface area contributed by atoms with E-state index >= 15 is 0 Å². The van der Waals surface area contributed by atoms with Crippen molar-refractivity contribution in [2.24, 2.45) is 29.4 Å². The van der Waals surface area contributed by atoms with Crippen LogP contribution in [-0.2, 0) is 99.5 Å². The summed E-state index contributed by atoms with van der Waals surface area (Å²) in [5.74, 6) is 3.72. The Balaban J connectivity index is 0.000000143. The zero-order valence-electron chi connectivity index (χ0n) is 73.1. The van der Waals surface area contributed by atoms with Crippen LogP contribution in [-0.4, -0.2) is 208 Å². The van der Waals surface area contributed by atoms with Crippen molar-refractivity contribution < 1.29 is 62.0 Å². The zero-order chi connectivity index (χ0) is 87.4. The number of amides is 8. The third-order valence-corrected chi connectivity index (χ3v) is 23.1. The van der Waals surface area contributed by atoms with Gasteiger partial charge in [0.25, 0.3) is 0 Å². The SMILES string of the molecule is CC(C)(C)OC(=O)N1CCCc2cc(-c3cncc(CNC(=O)C4CCOCC4)c3)cnc21.CN(Cc1cncc(-c2cnc3c(c2)CCCN3)c1)C(=O)C1CCOCC1.CN(Cc1cncc(-c2cnc3c(c2)CCCN3C(=O)OC(C)(C)C)c1)C(=O)C1CCOCC1.CN(Cc1cncc(-c2cnc3c(c2)CCCN3C(N)=O)c1)C(=O)C1CCOCC1. The maximum Gasteiger partial charge on any atom is 0.416 e. The van der Waals surface area contributed by atoms with Crippen molar-refractivity contribution in [1.29, 1.82) is 0 Å². The van der Waals surface area contributed by atoms with Gasteiger partial charge in [-0.15, -0.1) is 0 Å². The molecule has 0 unspecified atom stereocenters. The number of fused-ring (bicyclic) bond motifs is 4. The van der Waals surface area contributed by atoms with Crippen molar-refractivity contribution in [3.8, 4) is 44.5 Å². The van der Waals surface area contributed by atoms with Crippen LogP contribution in [0.5, 0.6) is 0 Å². The number of nitrogens with one attached hydrogen (secondary N) is 2. The minimum absolute atomic E-state index is 0.0210. The Bertz CT molecular complexity index is 5050. The molecule has 4 saturated heterocycles. The number of carbonyl (C=O) groups is 7. The van der Waals surface area contributed by atoms with Gasteiger partial charge >= 0.3 is 18.2 Å². The smallest absolute Gasteiger partial charge is 0.416 e. The van der Waals surface area contributed by atoms with Crippen LogP contribution in [0, 0.1) is 23.7 Å². The van der Waals surface area contributed by atoms with E-state index in [2.05, 4.69) is 86.9 Å². The Kier molecular flexibility index (Phi) is 30.8. The summed E-state index contributed by atoms with van der Waals surface area (Å²) in [5.41, 5.74) is 20.3. The molecular formula is C94H119N17O13. The lowest BCUT2D eigenvalue weighted by molar-refractivity contribution is -0.138. The molecule has 0 radical (unpaired) electrons. The zero-order valence-corrected chi connectivity index (χ0v) is 73.1. The number of nitrogens with zero attached hydrogens (tertiary/aromatic N) is 14. The summed E-state index contributed by atoms with van der Waals surface area (Å²) in [6.45, 7) is 21.2. The van der Waals surface area contributed by atoms with Crippen molar-refractivity contribution >= 4 is 65.1 Å². The molecule has 658 valence electrons. The maximum atomic E-state index is 12.8. The molecule has 16 rings (SSSR count). The number of pyridine rings is 8. The molecule has 0 atom stereocenters. The minimum Gasteiger partial charge on any atom is -0.443 e. The summed E-state index contributed by atoms with van der Waals surface area (Å²) in [5, 5.41) is 6.37. The number of aromatic nitrogens is 8. The Hall–Kier alpha value is -11.5. The molecule has 4 N–H and O–H groups in total. The Morgan fingerprint density at radius 3 is 1.07 bits per heavy atom. The summed E-state index contributed by atoms with van der Waals surface area (Å²) < 4.78 is 32.5. The van der Waals surface area contributed by atoms with Gasteiger partial charge in [0.1, 0.15) is 34.5 Å². The fraction of sp³-hybridized carbons (Fsp3) is 0.500. The van der Waals surface area contributed by atoms with Crippen LogP contribution in [0.25, 0.3) is 44.5 Å². The first kappa shape index (κ1) is 90.3. The van der Waals surface area contributed by atoms with E-state index < -0.39 is 17.2 Å². The van der Waals surface area contributed by atoms with E-state index in [0.29, 0.717) is 116 Å². The van der Waals surface area contributed by atoms with Gasteiger partial charge in [0, 0.05) is 269 Å². The molecule has 30 nitrogen and oxygen atoms in total. The van der Waals surface area contributed by atoms with Crippen LogP contribution < -0.4 is 31.1 Å². The number of hydrogen-bond donors (Lipinski definition) is 3. The number of primary amides is 1. The Labute approximate surface area is 726 Å². The molecule has 8 aromatic heterocycles. The lowest BCUT2D eigenvalue weighted by Crippen LogP contribution is -2.40. The molecule has 0 bridgehead atoms. The van der Waals surface area contributed by atoms with Gasteiger partial charge in [-0.2, -0.15) is 0 Å². The largest absolute Gasteiger partial charge is 0.443 e. The highest BCUT2D eigenvalue weighted by Gasteiger charge is 2.34. The molecule has 0 aromatic carbocycles. The standard InChI is InChI=1S/C26H34N4O4.C25H32N4O4.C22H27N5O3.C21H26N4O2/c1-26(2,3)34-25(32)30-9-5-6-20-13-22(16-28-23(20)30)21-12-18(14-27-15-21)17-29(4)24(31)19-7-10-33-11-8-19;1-25(2,3)33-24(31)29-8-4-5-19-12-21(16-27-22(19)29)20-11-17(13-26-15-20)14-28-23(30)18-6-9-32-10-7-18;1-26(21(28)16-4-7-30-8-5-16)14-15-9-18(12-24-11-15)19-10-17-3-2-6-27(22(23)29)20(17)25-13-19;1-25(21(26)16-4-7-27-8-5-16)14-15-9-18(12-22-11-15)19-10-17-3-2-6-23-20(17)24-13-19/h12-16,19H,5-11,17H2,1-4H3;11-13,15-16,18H,4-10,14H2,1-3H3,(H,28,30);9-13,16H,2-8,14H2,1H3,(H2,23,29);9-13,16H,2-8,14H2,1H3,(H,23,24). The van der Waals surface area contributed by atoms with Gasteiger partial charge in [-0.05, 0) is 237 Å². The van der Waals surface area contributed by atoms with Gasteiger partial charge in [0.2, 0.25) is 23.6 Å². The molecule has 8 aromatic rings. The normalized spacial score (nSPS) is 16.8. The lowest BCUT2D eigenvalue weighted by Gasteiger charge is -2.31. The number of urea groups is 1. The summed E-state index contributed by atoms with van der Waals surface area (Å²) >= 11 is 0. The van der Waals surface area contributed by atoms with Gasteiger partial charge < -0.3 is 59.5 Å². The highest BCUT2D eigenvalue weighted by Crippen LogP contribution is 2.36. The first-order chi connectivity index (χ1) is 59.7. The average molecular weight is 1700 g/mol. The molecular weight excluding hydrogens is 1580 g/mol. The third kappa shape index (κ3) is 24.5. The highest BCUT2D eigenvalue weighted by atomic mass is 16.6. The van der Waals surface area contributed by atoms with E-state index in [1.807, 2.05) is 105 Å². The van der Waals surface area contributed by atoms with Crippen LogP contribution in [0.3, 0.4) is 0 Å². The maximum absolute atomic E-state index is 12.8. The third-order valence-electron chi connectivity index (χ3n) is 23.1. The van der Waals surface area contributed by atoms with Gasteiger partial charge in [-0.3, -0.25) is 53.8 Å². The summed E-state index contributed by atoms with van der Waals surface area (Å²) in [6, 6.07) is 16.2. The fourth-order valence-corrected chi connectivity index (χ4v) is 16.6. The van der Waals surface area contributed by atoms with Crippen molar-refractivity contribution in [1.82, 2.24) is 59.9 Å². The summed E-state index contributed by atoms with van der Waals surface area (Å²) in [7, 11) is 5.55. The number of hydrogen-bond acceptors (Lipinski definition) is 22. The van der Waals surface area contributed by atoms with E-state index in [0.717, 1.165) is 199 Å². The first-order valence-electron chi connectivity index (χ1n) is 43.6. The summed E-state index contributed by atoms with van der Waals surface area (Å²) in [6.07, 6.45) is 34.5. The van der Waals surface area contributed by atoms with Gasteiger partial charge in [-0.25, -0.2) is 34.3 Å². The Morgan fingerprint density at radius 1 is 0.403 bits per heavy atom. The van der Waals surface area contributed by atoms with Gasteiger partial charge in [-0.1, -0.05) is 0 Å². The van der Waals surface area contributed by atoms with E-state index in [1.165, 1.54) is 10.5 Å². The van der Waals surface area contributed by atoms with E-state index in [4.69, 9.17) is 34.2 Å². The molecule has 16 heterocycles. The fourth-order valence-electron chi connectivity index (χ4n) is 16.6. The number of anilines is 4. The quantitative estimate of drug-likeness (QED) is 0.0809. The lowest BCUT2D eigenvalue weighted by atomic mass is 9.98. The Morgan fingerprint density at radius 2 is 0.710 bits per heavy atom.